The van der Waals surface area contributed by atoms with Gasteiger partial charge in [0.2, 0.25) is 0 Å². The Morgan fingerprint density at radius 2 is 1.39 bits per heavy atom. The van der Waals surface area contributed by atoms with Gasteiger partial charge < -0.3 is 28.2 Å². The number of aliphatic hydroxyl groups excluding tert-OH is 1. The fraction of sp³-hybridized carbons (Fsp3) is 0.576. The topological polar surface area (TPSA) is 66.4 Å². The Labute approximate surface area is 251 Å². The zero-order valence-electron chi connectivity index (χ0n) is 27.0. The molecule has 0 bridgehead atoms. The fourth-order valence-corrected chi connectivity index (χ4v) is 10.9. The maximum absolute atomic E-state index is 10.2. The summed E-state index contributed by atoms with van der Waals surface area (Å²) in [4.78, 5) is 0. The van der Waals surface area contributed by atoms with E-state index in [0.717, 1.165) is 58.9 Å². The predicted octanol–water partition coefficient (Wildman–Crippen LogP) is 8.84. The van der Waals surface area contributed by atoms with Crippen molar-refractivity contribution >= 4 is 16.6 Å². The third-order valence-corrected chi connectivity index (χ3v) is 17.9. The summed E-state index contributed by atoms with van der Waals surface area (Å²) < 4.78 is 32.1. The van der Waals surface area contributed by atoms with Gasteiger partial charge in [-0.1, -0.05) is 53.7 Å². The highest BCUT2D eigenvalue weighted by Crippen LogP contribution is 2.41. The van der Waals surface area contributed by atoms with Crippen molar-refractivity contribution in [1.29, 1.82) is 0 Å². The van der Waals surface area contributed by atoms with E-state index in [9.17, 15) is 5.11 Å². The summed E-state index contributed by atoms with van der Waals surface area (Å²) in [5.41, 5.74) is 2.67. The van der Waals surface area contributed by atoms with Crippen LogP contribution < -0.4 is 18.6 Å². The molecule has 2 aromatic carbocycles. The number of rotatable bonds is 19. The van der Waals surface area contributed by atoms with E-state index in [1.165, 1.54) is 0 Å². The van der Waals surface area contributed by atoms with Crippen LogP contribution in [0, 0.1) is 0 Å². The van der Waals surface area contributed by atoms with Gasteiger partial charge in [0, 0.05) is 5.56 Å². The molecule has 2 rings (SSSR count). The van der Waals surface area contributed by atoms with Crippen LogP contribution in [0.3, 0.4) is 0 Å². The molecule has 1 N–H and O–H groups in total. The summed E-state index contributed by atoms with van der Waals surface area (Å²) in [7, 11) is -0.605. The molecular formula is C33H54O6Si2. The normalized spacial score (nSPS) is 13.4. The number of hydrogen-bond acceptors (Lipinski definition) is 6. The maximum atomic E-state index is 10.2. The lowest BCUT2D eigenvalue weighted by Gasteiger charge is -2.37. The van der Waals surface area contributed by atoms with Crippen molar-refractivity contribution in [2.45, 2.75) is 110 Å². The third-order valence-electron chi connectivity index (χ3n) is 8.78. The summed E-state index contributed by atoms with van der Waals surface area (Å²) in [5, 5.41) is 10.2. The van der Waals surface area contributed by atoms with Gasteiger partial charge in [-0.25, -0.2) is 0 Å². The Balaban J connectivity index is 2.61. The van der Waals surface area contributed by atoms with E-state index < -0.39 is 16.6 Å². The number of hydrogen-bond donors (Lipinski definition) is 1. The van der Waals surface area contributed by atoms with Crippen LogP contribution in [0.1, 0.15) is 71.3 Å². The monoisotopic (exact) mass is 602 g/mol. The van der Waals surface area contributed by atoms with Crippen molar-refractivity contribution in [1.82, 2.24) is 0 Å². The second-order valence-electron chi connectivity index (χ2n) is 10.8. The van der Waals surface area contributed by atoms with Gasteiger partial charge in [0.15, 0.2) is 25.6 Å². The number of aliphatic hydroxyl groups is 1. The number of benzene rings is 2. The number of allylic oxidation sites excluding steroid dienone is 1. The molecule has 2 atom stereocenters. The summed E-state index contributed by atoms with van der Waals surface area (Å²) in [6.07, 6.45) is 1.79. The first kappa shape index (κ1) is 34.9. The Kier molecular flexibility index (Phi) is 14.0. The molecule has 230 valence electrons. The van der Waals surface area contributed by atoms with Crippen molar-refractivity contribution in [2.75, 3.05) is 14.2 Å². The summed E-state index contributed by atoms with van der Waals surface area (Å²) in [5.74, 6) is 2.64. The molecule has 0 aliphatic heterocycles. The molecule has 0 saturated carbocycles. The van der Waals surface area contributed by atoms with Gasteiger partial charge in [0.05, 0.1) is 20.8 Å². The number of ether oxygens (including phenoxy) is 3. The van der Waals surface area contributed by atoms with Gasteiger partial charge >= 0.3 is 0 Å². The maximum Gasteiger partial charge on any atom is 0.250 e. The number of methoxy groups -OCH3 is 2. The molecule has 41 heavy (non-hydrogen) atoms. The van der Waals surface area contributed by atoms with Crippen LogP contribution in [-0.2, 0) is 17.5 Å². The summed E-state index contributed by atoms with van der Waals surface area (Å²) >= 11 is 0. The van der Waals surface area contributed by atoms with Gasteiger partial charge in [-0.05, 0) is 85.0 Å². The summed E-state index contributed by atoms with van der Waals surface area (Å²) in [6, 6.07) is 16.3. The highest BCUT2D eigenvalue weighted by molar-refractivity contribution is 6.74. The van der Waals surface area contributed by atoms with Gasteiger partial charge in [-0.3, -0.25) is 0 Å². The van der Waals surface area contributed by atoms with E-state index in [4.69, 9.17) is 23.1 Å². The molecule has 6 nitrogen and oxygen atoms in total. The second kappa shape index (κ2) is 16.4. The van der Waals surface area contributed by atoms with Crippen LogP contribution in [0.15, 0.2) is 43.0 Å². The Bertz CT molecular complexity index is 1060. The highest BCUT2D eigenvalue weighted by atomic mass is 28.4. The van der Waals surface area contributed by atoms with E-state index in [1.807, 2.05) is 31.2 Å². The summed E-state index contributed by atoms with van der Waals surface area (Å²) in [6.45, 7) is 19.1. The zero-order chi connectivity index (χ0) is 30.6. The van der Waals surface area contributed by atoms with E-state index in [1.54, 1.807) is 14.2 Å². The van der Waals surface area contributed by atoms with Gasteiger partial charge in [0.25, 0.3) is 8.32 Å². The lowest BCUT2D eigenvalue weighted by atomic mass is 10.0. The highest BCUT2D eigenvalue weighted by Gasteiger charge is 2.37. The molecule has 2 aromatic rings. The van der Waals surface area contributed by atoms with E-state index in [2.05, 4.69) is 60.3 Å². The fourth-order valence-electron chi connectivity index (χ4n) is 5.51. The van der Waals surface area contributed by atoms with Gasteiger partial charge in [0.1, 0.15) is 18.0 Å². The van der Waals surface area contributed by atoms with Crippen molar-refractivity contribution in [3.05, 3.63) is 59.7 Å². The quantitative estimate of drug-likeness (QED) is 0.128. The molecule has 0 saturated heterocycles. The average Bonchev–Trinajstić information content (AvgIpc) is 3.01. The van der Waals surface area contributed by atoms with Crippen molar-refractivity contribution in [2.24, 2.45) is 0 Å². The van der Waals surface area contributed by atoms with Crippen molar-refractivity contribution in [3.63, 3.8) is 0 Å². The Morgan fingerprint density at radius 1 is 0.805 bits per heavy atom. The van der Waals surface area contributed by atoms with Crippen LogP contribution in [-0.4, -0.2) is 42.1 Å². The SMILES string of the molecule is C=CCc1cc(CO)c(OC(C)C(O[Si](CC)(CC)CC)c2ccc(O[Si](CC)(CC)CC)c(OC)c2)c(OC)c1. The first-order chi connectivity index (χ1) is 19.7. The lowest BCUT2D eigenvalue weighted by molar-refractivity contribution is 0.0533. The van der Waals surface area contributed by atoms with Gasteiger partial charge in [-0.15, -0.1) is 6.58 Å². The molecule has 0 radical (unpaired) electrons. The van der Waals surface area contributed by atoms with Crippen LogP contribution in [0.4, 0.5) is 0 Å². The van der Waals surface area contributed by atoms with E-state index in [-0.39, 0.29) is 18.8 Å². The first-order valence-corrected chi connectivity index (χ1v) is 20.4. The standard InChI is InChI=1S/C33H54O6Si2/c1-11-18-26-21-28(24-34)33(31(22-26)36-10)37-25(8)32(39-41(15-5,16-6)17-7)27-19-20-29(30(23-27)35-9)38-40(12-2,13-3)14-4/h11,19-23,25,32,34H,1,12-18,24H2,2-10H3. The first-order valence-electron chi connectivity index (χ1n) is 15.3. The molecule has 2 unspecified atom stereocenters. The molecule has 0 aliphatic rings. The van der Waals surface area contributed by atoms with Crippen LogP contribution in [0.25, 0.3) is 0 Å². The molecule has 0 amide bonds. The van der Waals surface area contributed by atoms with E-state index >= 15 is 0 Å². The van der Waals surface area contributed by atoms with Crippen LogP contribution in [0.5, 0.6) is 23.0 Å². The minimum Gasteiger partial charge on any atom is -0.541 e. The molecule has 0 aliphatic carbocycles. The van der Waals surface area contributed by atoms with Crippen molar-refractivity contribution < 1.29 is 28.2 Å². The predicted molar refractivity (Wildman–Crippen MR) is 175 cm³/mol. The van der Waals surface area contributed by atoms with Crippen LogP contribution in [0.2, 0.25) is 36.3 Å². The Hall–Kier alpha value is -2.27. The zero-order valence-corrected chi connectivity index (χ0v) is 29.0. The minimum atomic E-state index is -2.04. The molecule has 0 aromatic heterocycles. The average molecular weight is 603 g/mol. The smallest absolute Gasteiger partial charge is 0.250 e. The van der Waals surface area contributed by atoms with Crippen molar-refractivity contribution in [3.8, 4) is 23.0 Å². The van der Waals surface area contributed by atoms with Crippen LogP contribution >= 0.6 is 0 Å². The second-order valence-corrected chi connectivity index (χ2v) is 20.2. The molecule has 0 spiro atoms. The molecule has 8 heteroatoms. The lowest BCUT2D eigenvalue weighted by Crippen LogP contribution is -2.41. The third kappa shape index (κ3) is 8.40. The Morgan fingerprint density at radius 3 is 1.88 bits per heavy atom. The van der Waals surface area contributed by atoms with Gasteiger partial charge in [-0.2, -0.15) is 0 Å². The molecule has 0 heterocycles. The minimum absolute atomic E-state index is 0.162. The largest absolute Gasteiger partial charge is 0.541 e. The molecule has 0 fully saturated rings. The molecular weight excluding hydrogens is 549 g/mol. The van der Waals surface area contributed by atoms with E-state index in [0.29, 0.717) is 23.5 Å².